The van der Waals surface area contributed by atoms with E-state index in [1.165, 1.54) is 10.8 Å². The predicted molar refractivity (Wildman–Crippen MR) is 73.3 cm³/mol. The molecule has 3 rings (SSSR count). The number of aromatic nitrogens is 3. The topological polar surface area (TPSA) is 41.6 Å². The van der Waals surface area contributed by atoms with E-state index in [0.29, 0.717) is 0 Å². The normalized spacial score (nSPS) is 10.9. The van der Waals surface area contributed by atoms with Crippen LogP contribution < -0.4 is 0 Å². The van der Waals surface area contributed by atoms with Crippen LogP contribution in [0.2, 0.25) is 0 Å². The Kier molecular flexibility index (Phi) is 2.81. The fourth-order valence-corrected chi connectivity index (χ4v) is 2.18. The van der Waals surface area contributed by atoms with Crippen LogP contribution in [0.4, 0.5) is 0 Å². The van der Waals surface area contributed by atoms with Gasteiger partial charge in [-0.2, -0.15) is 5.10 Å². The summed E-state index contributed by atoms with van der Waals surface area (Å²) in [7, 11) is 0. The molecule has 90 valence electrons. The summed E-state index contributed by atoms with van der Waals surface area (Å²) in [5.41, 5.74) is 1.09. The van der Waals surface area contributed by atoms with Gasteiger partial charge in [0.1, 0.15) is 5.82 Å². The van der Waals surface area contributed by atoms with Gasteiger partial charge in [-0.05, 0) is 17.2 Å². The lowest BCUT2D eigenvalue weighted by Gasteiger charge is -2.02. The van der Waals surface area contributed by atoms with Gasteiger partial charge in [-0.15, -0.1) is 0 Å². The average molecular weight is 237 g/mol. The summed E-state index contributed by atoms with van der Waals surface area (Å²) in [6, 6.07) is 14.5. The number of rotatable bonds is 3. The molecule has 1 aromatic heterocycles. The second kappa shape index (κ2) is 4.61. The Morgan fingerprint density at radius 2 is 1.89 bits per heavy atom. The second-order valence-electron chi connectivity index (χ2n) is 4.38. The summed E-state index contributed by atoms with van der Waals surface area (Å²) < 4.78 is 0. The van der Waals surface area contributed by atoms with E-state index in [-0.39, 0.29) is 0 Å². The quantitative estimate of drug-likeness (QED) is 0.756. The average Bonchev–Trinajstić information content (AvgIpc) is 2.87. The first-order valence-corrected chi connectivity index (χ1v) is 6.28. The highest BCUT2D eigenvalue weighted by atomic mass is 15.2. The van der Waals surface area contributed by atoms with Crippen LogP contribution in [0.15, 0.2) is 42.5 Å². The molecule has 1 heterocycles. The molecule has 3 nitrogen and oxygen atoms in total. The molecule has 2 aromatic carbocycles. The molecule has 0 radical (unpaired) electrons. The fourth-order valence-electron chi connectivity index (χ4n) is 2.18. The van der Waals surface area contributed by atoms with Crippen molar-refractivity contribution in [1.29, 1.82) is 0 Å². The van der Waals surface area contributed by atoms with Gasteiger partial charge in [-0.3, -0.25) is 5.10 Å². The molecule has 0 spiro atoms. The molecule has 0 saturated carbocycles. The van der Waals surface area contributed by atoms with Gasteiger partial charge in [0, 0.05) is 12.0 Å². The lowest BCUT2D eigenvalue weighted by molar-refractivity contribution is 0.841. The molecule has 0 unspecified atom stereocenters. The first-order valence-electron chi connectivity index (χ1n) is 6.28. The summed E-state index contributed by atoms with van der Waals surface area (Å²) in [4.78, 5) is 4.55. The monoisotopic (exact) mass is 237 g/mol. The molecule has 0 aliphatic rings. The smallest absolute Gasteiger partial charge is 0.181 e. The zero-order chi connectivity index (χ0) is 12.4. The van der Waals surface area contributed by atoms with Crippen molar-refractivity contribution in [3.05, 3.63) is 48.3 Å². The Morgan fingerprint density at radius 1 is 1.06 bits per heavy atom. The summed E-state index contributed by atoms with van der Waals surface area (Å²) in [5.74, 6) is 1.75. The third-order valence-corrected chi connectivity index (χ3v) is 3.05. The number of nitrogens with zero attached hydrogens (tertiary/aromatic N) is 2. The predicted octanol–water partition coefficient (Wildman–Crippen LogP) is 3.58. The van der Waals surface area contributed by atoms with E-state index in [1.807, 2.05) is 18.2 Å². The van der Waals surface area contributed by atoms with E-state index in [9.17, 15) is 0 Å². The largest absolute Gasteiger partial charge is 0.263 e. The minimum absolute atomic E-state index is 0.787. The number of fused-ring (bicyclic) bond motifs is 1. The molecule has 18 heavy (non-hydrogen) atoms. The van der Waals surface area contributed by atoms with Crippen LogP contribution in [0.1, 0.15) is 19.2 Å². The summed E-state index contributed by atoms with van der Waals surface area (Å²) in [6.45, 7) is 2.14. The van der Waals surface area contributed by atoms with Crippen LogP contribution in [0.5, 0.6) is 0 Å². The molecule has 0 amide bonds. The molecule has 0 fully saturated rings. The van der Waals surface area contributed by atoms with Gasteiger partial charge < -0.3 is 0 Å². The van der Waals surface area contributed by atoms with Crippen molar-refractivity contribution >= 4 is 10.8 Å². The number of hydrogen-bond acceptors (Lipinski definition) is 2. The Morgan fingerprint density at radius 3 is 2.78 bits per heavy atom. The highest BCUT2D eigenvalue weighted by Gasteiger charge is 2.08. The van der Waals surface area contributed by atoms with Crippen molar-refractivity contribution in [2.45, 2.75) is 19.8 Å². The van der Waals surface area contributed by atoms with Crippen molar-refractivity contribution in [3.63, 3.8) is 0 Å². The Labute approximate surface area is 106 Å². The van der Waals surface area contributed by atoms with Crippen LogP contribution in [0.3, 0.4) is 0 Å². The number of hydrogen-bond donors (Lipinski definition) is 1. The van der Waals surface area contributed by atoms with Crippen LogP contribution in [-0.2, 0) is 6.42 Å². The summed E-state index contributed by atoms with van der Waals surface area (Å²) in [5, 5.41) is 9.74. The van der Waals surface area contributed by atoms with Gasteiger partial charge in [-0.25, -0.2) is 4.98 Å². The molecule has 3 heteroatoms. The first kappa shape index (κ1) is 11.0. The third-order valence-electron chi connectivity index (χ3n) is 3.05. The number of aromatic amines is 1. The molecule has 0 atom stereocenters. The number of benzene rings is 2. The molecule has 3 aromatic rings. The number of nitrogens with one attached hydrogen (secondary N) is 1. The minimum atomic E-state index is 0.787. The SMILES string of the molecule is CCCc1nc(-c2cccc3ccccc23)n[nH]1. The van der Waals surface area contributed by atoms with Crippen LogP contribution in [0, 0.1) is 0 Å². The van der Waals surface area contributed by atoms with E-state index in [0.717, 1.165) is 30.1 Å². The fraction of sp³-hybridized carbons (Fsp3) is 0.200. The van der Waals surface area contributed by atoms with Crippen molar-refractivity contribution in [3.8, 4) is 11.4 Å². The second-order valence-corrected chi connectivity index (χ2v) is 4.38. The number of H-pyrrole nitrogens is 1. The standard InChI is InChI=1S/C15H15N3/c1-2-6-14-16-15(18-17-14)13-10-5-8-11-7-3-4-9-12(11)13/h3-5,7-10H,2,6H2,1H3,(H,16,17,18). The summed E-state index contributed by atoms with van der Waals surface area (Å²) in [6.07, 6.45) is 2.02. The minimum Gasteiger partial charge on any atom is -0.263 e. The van der Waals surface area contributed by atoms with Gasteiger partial charge in [0.05, 0.1) is 0 Å². The zero-order valence-electron chi connectivity index (χ0n) is 10.4. The van der Waals surface area contributed by atoms with Gasteiger partial charge in [0.25, 0.3) is 0 Å². The maximum Gasteiger partial charge on any atom is 0.181 e. The third kappa shape index (κ3) is 1.88. The Hall–Kier alpha value is -2.16. The Balaban J connectivity index is 2.12. The van der Waals surface area contributed by atoms with Crippen molar-refractivity contribution in [1.82, 2.24) is 15.2 Å². The Bertz CT molecular complexity index is 665. The molecule has 0 aliphatic carbocycles. The van der Waals surface area contributed by atoms with E-state index < -0.39 is 0 Å². The van der Waals surface area contributed by atoms with E-state index in [1.54, 1.807) is 0 Å². The van der Waals surface area contributed by atoms with E-state index in [4.69, 9.17) is 0 Å². The molecule has 0 aliphatic heterocycles. The van der Waals surface area contributed by atoms with E-state index >= 15 is 0 Å². The molecule has 0 bridgehead atoms. The van der Waals surface area contributed by atoms with Crippen LogP contribution >= 0.6 is 0 Å². The molecular weight excluding hydrogens is 222 g/mol. The molecule has 1 N–H and O–H groups in total. The molecular formula is C15H15N3. The molecule has 0 saturated heterocycles. The number of aryl methyl sites for hydroxylation is 1. The van der Waals surface area contributed by atoms with Gasteiger partial charge in [-0.1, -0.05) is 49.4 Å². The van der Waals surface area contributed by atoms with Crippen molar-refractivity contribution < 1.29 is 0 Å². The van der Waals surface area contributed by atoms with Crippen molar-refractivity contribution in [2.75, 3.05) is 0 Å². The highest BCUT2D eigenvalue weighted by Crippen LogP contribution is 2.25. The van der Waals surface area contributed by atoms with E-state index in [2.05, 4.69) is 46.4 Å². The van der Waals surface area contributed by atoms with Gasteiger partial charge in [0.15, 0.2) is 5.82 Å². The lowest BCUT2D eigenvalue weighted by Crippen LogP contribution is -1.86. The first-order chi connectivity index (χ1) is 8.88. The maximum absolute atomic E-state index is 4.55. The van der Waals surface area contributed by atoms with Gasteiger partial charge in [0.2, 0.25) is 0 Å². The van der Waals surface area contributed by atoms with Gasteiger partial charge >= 0.3 is 0 Å². The highest BCUT2D eigenvalue weighted by molar-refractivity contribution is 5.94. The van der Waals surface area contributed by atoms with Crippen LogP contribution in [0.25, 0.3) is 22.2 Å². The van der Waals surface area contributed by atoms with Crippen molar-refractivity contribution in [2.24, 2.45) is 0 Å². The maximum atomic E-state index is 4.55. The van der Waals surface area contributed by atoms with Crippen LogP contribution in [-0.4, -0.2) is 15.2 Å². The summed E-state index contributed by atoms with van der Waals surface area (Å²) >= 11 is 0. The zero-order valence-corrected chi connectivity index (χ0v) is 10.4. The lowest BCUT2D eigenvalue weighted by atomic mass is 10.0.